The fourth-order valence-corrected chi connectivity index (χ4v) is 3.84. The van der Waals surface area contributed by atoms with Crippen LogP contribution in [0.15, 0.2) is 52.9 Å². The van der Waals surface area contributed by atoms with E-state index in [2.05, 4.69) is 17.2 Å². The molecule has 146 valence electrons. The van der Waals surface area contributed by atoms with Crippen molar-refractivity contribution in [1.82, 2.24) is 4.98 Å². The molecular formula is C22H24N2O3S. The van der Waals surface area contributed by atoms with E-state index in [9.17, 15) is 9.00 Å². The predicted molar refractivity (Wildman–Crippen MR) is 113 cm³/mol. The number of rotatable bonds is 7. The minimum atomic E-state index is -1.37. The van der Waals surface area contributed by atoms with Gasteiger partial charge in [0.2, 0.25) is 11.8 Å². The van der Waals surface area contributed by atoms with E-state index in [1.165, 1.54) is 0 Å². The molecule has 1 heterocycles. The maximum atomic E-state index is 12.4. The van der Waals surface area contributed by atoms with Crippen LogP contribution in [0.1, 0.15) is 29.5 Å². The second-order valence-corrected chi connectivity index (χ2v) is 8.18. The number of oxazole rings is 1. The molecule has 5 nitrogen and oxygen atoms in total. The van der Waals surface area contributed by atoms with E-state index >= 15 is 0 Å². The van der Waals surface area contributed by atoms with E-state index in [1.54, 1.807) is 6.92 Å². The largest absolute Gasteiger partial charge is 0.441 e. The van der Waals surface area contributed by atoms with Crippen molar-refractivity contribution in [3.63, 3.8) is 0 Å². The maximum Gasteiger partial charge on any atom is 0.237 e. The lowest BCUT2D eigenvalue weighted by molar-refractivity contribution is -0.113. The summed E-state index contributed by atoms with van der Waals surface area (Å²) in [6.45, 7) is 5.87. The van der Waals surface area contributed by atoms with Crippen LogP contribution in [0, 0.1) is 13.8 Å². The van der Waals surface area contributed by atoms with Gasteiger partial charge in [-0.2, -0.15) is 0 Å². The highest BCUT2D eigenvalue weighted by Crippen LogP contribution is 2.23. The van der Waals surface area contributed by atoms with Crippen molar-refractivity contribution >= 4 is 22.4 Å². The van der Waals surface area contributed by atoms with Gasteiger partial charge in [-0.15, -0.1) is 0 Å². The van der Waals surface area contributed by atoms with Crippen LogP contribution >= 0.6 is 0 Å². The normalized spacial score (nSPS) is 12.0. The van der Waals surface area contributed by atoms with Crippen LogP contribution in [0.2, 0.25) is 0 Å². The Kier molecular flexibility index (Phi) is 6.41. The molecular weight excluding hydrogens is 372 g/mol. The summed E-state index contributed by atoms with van der Waals surface area (Å²) in [5.41, 5.74) is 4.51. The Labute approximate surface area is 167 Å². The third kappa shape index (κ3) is 5.16. The number of aromatic nitrogens is 1. The van der Waals surface area contributed by atoms with Crippen molar-refractivity contribution in [2.24, 2.45) is 0 Å². The lowest BCUT2D eigenvalue weighted by Crippen LogP contribution is -2.20. The molecule has 0 saturated heterocycles. The fraction of sp³-hybridized carbons (Fsp3) is 0.273. The molecule has 1 N–H and O–H groups in total. The first-order valence-corrected chi connectivity index (χ1v) is 10.7. The molecule has 1 aromatic heterocycles. The zero-order chi connectivity index (χ0) is 20.1. The Balaban J connectivity index is 1.61. The average molecular weight is 397 g/mol. The van der Waals surface area contributed by atoms with E-state index < -0.39 is 10.8 Å². The second-order valence-electron chi connectivity index (χ2n) is 6.72. The molecule has 6 heteroatoms. The molecule has 0 aliphatic carbocycles. The van der Waals surface area contributed by atoms with Gasteiger partial charge in [-0.3, -0.25) is 9.00 Å². The van der Waals surface area contributed by atoms with Crippen LogP contribution < -0.4 is 5.32 Å². The molecule has 0 fully saturated rings. The van der Waals surface area contributed by atoms with Crippen LogP contribution in [0.4, 0.5) is 5.69 Å². The predicted octanol–water partition coefficient (Wildman–Crippen LogP) is 4.41. The van der Waals surface area contributed by atoms with Crippen LogP contribution in [0.3, 0.4) is 0 Å². The van der Waals surface area contributed by atoms with Gasteiger partial charge in [0.15, 0.2) is 0 Å². The number of nitrogens with zero attached hydrogens (tertiary/aromatic N) is 1. The summed E-state index contributed by atoms with van der Waals surface area (Å²) in [5.74, 6) is 0.961. The van der Waals surface area contributed by atoms with Crippen molar-refractivity contribution in [2.75, 3.05) is 11.1 Å². The van der Waals surface area contributed by atoms with Gasteiger partial charge < -0.3 is 9.73 Å². The summed E-state index contributed by atoms with van der Waals surface area (Å²) in [4.78, 5) is 16.7. The Morgan fingerprint density at radius 2 is 1.89 bits per heavy atom. The molecule has 3 aromatic rings. The molecule has 3 rings (SSSR count). The molecule has 0 radical (unpaired) electrons. The van der Waals surface area contributed by atoms with Gasteiger partial charge in [0.25, 0.3) is 0 Å². The summed E-state index contributed by atoms with van der Waals surface area (Å²) in [5, 5.41) is 2.81. The smallest absolute Gasteiger partial charge is 0.237 e. The number of carbonyl (C=O) groups excluding carboxylic acids is 1. The topological polar surface area (TPSA) is 72.2 Å². The molecule has 1 atom stereocenters. The van der Waals surface area contributed by atoms with Crippen molar-refractivity contribution < 1.29 is 13.4 Å². The third-order valence-electron chi connectivity index (χ3n) is 4.40. The number of nitrogens with one attached hydrogen (secondary N) is 1. The van der Waals surface area contributed by atoms with E-state index in [0.29, 0.717) is 17.3 Å². The summed E-state index contributed by atoms with van der Waals surface area (Å²) in [7, 11) is -1.37. The lowest BCUT2D eigenvalue weighted by Gasteiger charge is -2.06. The molecule has 0 spiro atoms. The number of anilines is 1. The van der Waals surface area contributed by atoms with E-state index in [4.69, 9.17) is 4.42 Å². The number of aryl methyl sites for hydroxylation is 3. The standard InChI is InChI=1S/C22H24N2O3S/c1-4-17-6-5-7-19(12-17)23-21(25)14-28(26)13-20-16(3)27-22(24-20)18-10-8-15(2)9-11-18/h5-12H,4,13-14H2,1-3H3,(H,23,25)/t28-/m1/s1. The Bertz CT molecular complexity index is 993. The Morgan fingerprint density at radius 1 is 1.14 bits per heavy atom. The fourth-order valence-electron chi connectivity index (χ4n) is 2.80. The number of hydrogen-bond acceptors (Lipinski definition) is 4. The first kappa shape index (κ1) is 20.0. The van der Waals surface area contributed by atoms with Gasteiger partial charge in [-0.25, -0.2) is 4.98 Å². The van der Waals surface area contributed by atoms with Crippen molar-refractivity contribution in [3.05, 3.63) is 71.1 Å². The van der Waals surface area contributed by atoms with Crippen LogP contribution in [-0.4, -0.2) is 20.9 Å². The molecule has 1 amide bonds. The van der Waals surface area contributed by atoms with Gasteiger partial charge in [0.05, 0.1) is 11.4 Å². The number of carbonyl (C=O) groups is 1. The molecule has 0 aliphatic heterocycles. The Hall–Kier alpha value is -2.73. The zero-order valence-electron chi connectivity index (χ0n) is 16.3. The van der Waals surface area contributed by atoms with E-state index in [1.807, 2.05) is 55.5 Å². The van der Waals surface area contributed by atoms with Gasteiger partial charge in [0.1, 0.15) is 11.5 Å². The third-order valence-corrected chi connectivity index (χ3v) is 5.58. The maximum absolute atomic E-state index is 12.4. The summed E-state index contributed by atoms with van der Waals surface area (Å²) in [6, 6.07) is 15.5. The Morgan fingerprint density at radius 3 is 2.61 bits per heavy atom. The zero-order valence-corrected chi connectivity index (χ0v) is 17.1. The van der Waals surface area contributed by atoms with Crippen LogP contribution in [-0.2, 0) is 27.8 Å². The van der Waals surface area contributed by atoms with Crippen LogP contribution in [0.25, 0.3) is 11.5 Å². The minimum Gasteiger partial charge on any atom is -0.441 e. The molecule has 0 saturated carbocycles. The highest BCUT2D eigenvalue weighted by atomic mass is 32.2. The molecule has 0 bridgehead atoms. The summed E-state index contributed by atoms with van der Waals surface area (Å²) in [6.07, 6.45) is 0.893. The summed E-state index contributed by atoms with van der Waals surface area (Å²) >= 11 is 0. The highest BCUT2D eigenvalue weighted by Gasteiger charge is 2.16. The number of benzene rings is 2. The monoisotopic (exact) mass is 396 g/mol. The highest BCUT2D eigenvalue weighted by molar-refractivity contribution is 7.84. The first-order chi connectivity index (χ1) is 13.4. The van der Waals surface area contributed by atoms with Crippen molar-refractivity contribution in [3.8, 4) is 11.5 Å². The summed E-state index contributed by atoms with van der Waals surface area (Å²) < 4.78 is 18.2. The quantitative estimate of drug-likeness (QED) is 0.642. The molecule has 0 aliphatic rings. The van der Waals surface area contributed by atoms with E-state index in [0.717, 1.165) is 28.8 Å². The van der Waals surface area contributed by atoms with E-state index in [-0.39, 0.29) is 17.4 Å². The van der Waals surface area contributed by atoms with Crippen LogP contribution in [0.5, 0.6) is 0 Å². The number of hydrogen-bond donors (Lipinski definition) is 1. The average Bonchev–Trinajstić information content (AvgIpc) is 3.02. The van der Waals surface area contributed by atoms with Gasteiger partial charge >= 0.3 is 0 Å². The molecule has 2 aromatic carbocycles. The van der Waals surface area contributed by atoms with Crippen molar-refractivity contribution in [2.45, 2.75) is 32.9 Å². The van der Waals surface area contributed by atoms with Crippen molar-refractivity contribution in [1.29, 1.82) is 0 Å². The van der Waals surface area contributed by atoms with Gasteiger partial charge in [0, 0.05) is 22.1 Å². The second kappa shape index (κ2) is 8.97. The van der Waals surface area contributed by atoms with Gasteiger partial charge in [-0.1, -0.05) is 36.8 Å². The lowest BCUT2D eigenvalue weighted by atomic mass is 10.1. The first-order valence-electron chi connectivity index (χ1n) is 9.21. The molecule has 0 unspecified atom stereocenters. The van der Waals surface area contributed by atoms with Gasteiger partial charge in [-0.05, 0) is 50.1 Å². The molecule has 28 heavy (non-hydrogen) atoms. The number of amides is 1. The SMILES string of the molecule is CCc1cccc(NC(=O)C[S@](=O)Cc2nc(-c3ccc(C)cc3)oc2C)c1. The minimum absolute atomic E-state index is 0.0808.